The van der Waals surface area contributed by atoms with Crippen molar-refractivity contribution in [1.29, 1.82) is 0 Å². The molecule has 1 aliphatic heterocycles. The van der Waals surface area contributed by atoms with Crippen LogP contribution >= 0.6 is 0 Å². The molecule has 0 radical (unpaired) electrons. The SMILES string of the molecule is O=C(COC(=O)c1cccc(S(=O)(=O)N2CCc3ccccc32)c1)NC(=O)NC1CCCC1. The molecule has 9 nitrogen and oxygen atoms in total. The van der Waals surface area contributed by atoms with Crippen molar-refractivity contribution in [2.45, 2.75) is 43.0 Å². The number of sulfonamides is 1. The number of hydrogen-bond donors (Lipinski definition) is 2. The molecule has 2 aromatic carbocycles. The van der Waals surface area contributed by atoms with Crippen LogP contribution in [0.2, 0.25) is 0 Å². The highest BCUT2D eigenvalue weighted by molar-refractivity contribution is 7.92. The first-order valence-corrected chi connectivity index (χ1v) is 12.3. The smallest absolute Gasteiger partial charge is 0.338 e. The van der Waals surface area contributed by atoms with Gasteiger partial charge in [-0.25, -0.2) is 18.0 Å². The van der Waals surface area contributed by atoms with Crippen LogP contribution in [0.25, 0.3) is 0 Å². The molecule has 10 heteroatoms. The number of para-hydroxylation sites is 1. The van der Waals surface area contributed by atoms with E-state index < -0.39 is 34.5 Å². The molecular weight excluding hydrogens is 446 g/mol. The fourth-order valence-electron chi connectivity index (χ4n) is 4.14. The summed E-state index contributed by atoms with van der Waals surface area (Å²) in [4.78, 5) is 36.1. The van der Waals surface area contributed by atoms with Gasteiger partial charge < -0.3 is 10.1 Å². The van der Waals surface area contributed by atoms with Crippen LogP contribution in [0, 0.1) is 0 Å². The van der Waals surface area contributed by atoms with E-state index in [1.807, 2.05) is 12.1 Å². The molecule has 2 N–H and O–H groups in total. The van der Waals surface area contributed by atoms with E-state index in [1.165, 1.54) is 28.6 Å². The van der Waals surface area contributed by atoms with Crippen molar-refractivity contribution >= 4 is 33.6 Å². The number of rotatable bonds is 6. The first-order valence-electron chi connectivity index (χ1n) is 10.8. The Morgan fingerprint density at radius 1 is 1.03 bits per heavy atom. The van der Waals surface area contributed by atoms with Crippen molar-refractivity contribution in [3.63, 3.8) is 0 Å². The average molecular weight is 472 g/mol. The zero-order chi connectivity index (χ0) is 23.4. The van der Waals surface area contributed by atoms with E-state index in [2.05, 4.69) is 10.6 Å². The molecule has 1 fully saturated rings. The number of fused-ring (bicyclic) bond motifs is 1. The van der Waals surface area contributed by atoms with Crippen LogP contribution in [0.3, 0.4) is 0 Å². The van der Waals surface area contributed by atoms with Crippen LogP contribution in [-0.2, 0) is 26.0 Å². The fourth-order valence-corrected chi connectivity index (χ4v) is 5.69. The minimum atomic E-state index is -3.87. The Kier molecular flexibility index (Phi) is 6.64. The lowest BCUT2D eigenvalue weighted by Crippen LogP contribution is -2.45. The van der Waals surface area contributed by atoms with Crippen LogP contribution < -0.4 is 14.9 Å². The van der Waals surface area contributed by atoms with Gasteiger partial charge in [0, 0.05) is 12.6 Å². The lowest BCUT2D eigenvalue weighted by atomic mass is 10.2. The van der Waals surface area contributed by atoms with E-state index in [1.54, 1.807) is 12.1 Å². The monoisotopic (exact) mass is 471 g/mol. The predicted octanol–water partition coefficient (Wildman–Crippen LogP) is 2.36. The van der Waals surface area contributed by atoms with Crippen molar-refractivity contribution in [3.8, 4) is 0 Å². The Labute approximate surface area is 192 Å². The number of benzene rings is 2. The van der Waals surface area contributed by atoms with E-state index >= 15 is 0 Å². The molecule has 1 saturated carbocycles. The lowest BCUT2D eigenvalue weighted by Gasteiger charge is -2.19. The molecule has 1 aliphatic carbocycles. The molecule has 0 unspecified atom stereocenters. The van der Waals surface area contributed by atoms with Gasteiger partial charge in [-0.15, -0.1) is 0 Å². The summed E-state index contributed by atoms with van der Waals surface area (Å²) in [6.45, 7) is -0.340. The number of hydrogen-bond acceptors (Lipinski definition) is 6. The number of imide groups is 1. The van der Waals surface area contributed by atoms with Crippen molar-refractivity contribution in [1.82, 2.24) is 10.6 Å². The van der Waals surface area contributed by atoms with Crippen LogP contribution in [0.15, 0.2) is 53.4 Å². The molecular formula is C23H25N3O6S. The van der Waals surface area contributed by atoms with Gasteiger partial charge >= 0.3 is 12.0 Å². The highest BCUT2D eigenvalue weighted by Gasteiger charge is 2.31. The summed E-state index contributed by atoms with van der Waals surface area (Å²) < 4.78 is 32.6. The van der Waals surface area contributed by atoms with Gasteiger partial charge in [-0.05, 0) is 49.1 Å². The van der Waals surface area contributed by atoms with Gasteiger partial charge in [0.15, 0.2) is 6.61 Å². The number of ether oxygens (including phenoxy) is 1. The summed E-state index contributed by atoms with van der Waals surface area (Å²) >= 11 is 0. The Hall–Kier alpha value is -3.40. The van der Waals surface area contributed by atoms with Crippen LogP contribution in [0.4, 0.5) is 10.5 Å². The molecule has 0 aromatic heterocycles. The second-order valence-corrected chi connectivity index (χ2v) is 9.93. The molecule has 0 saturated heterocycles. The number of carbonyl (C=O) groups excluding carboxylic acids is 3. The van der Waals surface area contributed by atoms with Crippen LogP contribution in [0.5, 0.6) is 0 Å². The molecule has 4 rings (SSSR count). The molecule has 33 heavy (non-hydrogen) atoms. The van der Waals surface area contributed by atoms with Gasteiger partial charge in [0.25, 0.3) is 15.9 Å². The van der Waals surface area contributed by atoms with Gasteiger partial charge in [-0.1, -0.05) is 37.1 Å². The third-order valence-corrected chi connectivity index (χ3v) is 7.59. The Morgan fingerprint density at radius 2 is 1.79 bits per heavy atom. The molecule has 0 bridgehead atoms. The number of anilines is 1. The number of carbonyl (C=O) groups is 3. The van der Waals surface area contributed by atoms with E-state index in [0.717, 1.165) is 31.2 Å². The third-order valence-electron chi connectivity index (χ3n) is 5.78. The first kappa shape index (κ1) is 22.8. The summed E-state index contributed by atoms with van der Waals surface area (Å²) in [5.74, 6) is -1.63. The number of nitrogens with one attached hydrogen (secondary N) is 2. The van der Waals surface area contributed by atoms with Gasteiger partial charge in [-0.2, -0.15) is 0 Å². The van der Waals surface area contributed by atoms with E-state index in [9.17, 15) is 22.8 Å². The largest absolute Gasteiger partial charge is 0.452 e. The summed E-state index contributed by atoms with van der Waals surface area (Å²) in [6, 6.07) is 12.2. The lowest BCUT2D eigenvalue weighted by molar-refractivity contribution is -0.123. The average Bonchev–Trinajstić information content (AvgIpc) is 3.47. The standard InChI is InChI=1S/C23H25N3O6S/c27-21(25-23(29)24-18-8-2-3-9-18)15-32-22(28)17-7-5-10-19(14-17)33(30,31)26-13-12-16-6-1-4-11-20(16)26/h1,4-7,10-11,14,18H,2-3,8-9,12-13,15H2,(H2,24,25,27,29). The number of nitrogens with zero attached hydrogens (tertiary/aromatic N) is 1. The molecule has 0 spiro atoms. The number of urea groups is 1. The fraction of sp³-hybridized carbons (Fsp3) is 0.348. The topological polar surface area (TPSA) is 122 Å². The highest BCUT2D eigenvalue weighted by Crippen LogP contribution is 2.32. The van der Waals surface area contributed by atoms with Crippen molar-refractivity contribution in [3.05, 3.63) is 59.7 Å². The molecule has 3 amide bonds. The van der Waals surface area contributed by atoms with Crippen LogP contribution in [-0.4, -0.2) is 45.5 Å². The van der Waals surface area contributed by atoms with Crippen molar-refractivity contribution in [2.75, 3.05) is 17.5 Å². The van der Waals surface area contributed by atoms with Gasteiger partial charge in [0.1, 0.15) is 0 Å². The normalized spacial score (nSPS) is 15.7. The Bertz CT molecular complexity index is 1170. The minimum absolute atomic E-state index is 0.00763. The van der Waals surface area contributed by atoms with Crippen LogP contribution in [0.1, 0.15) is 41.6 Å². The summed E-state index contributed by atoms with van der Waals surface area (Å²) in [5, 5.41) is 4.83. The van der Waals surface area contributed by atoms with Gasteiger partial charge in [-0.3, -0.25) is 14.4 Å². The maximum Gasteiger partial charge on any atom is 0.338 e. The maximum absolute atomic E-state index is 13.2. The summed E-state index contributed by atoms with van der Waals surface area (Å²) in [6.07, 6.45) is 4.43. The first-order chi connectivity index (χ1) is 15.8. The second kappa shape index (κ2) is 9.62. The number of amides is 3. The molecule has 174 valence electrons. The summed E-state index contributed by atoms with van der Waals surface area (Å²) in [5.41, 5.74) is 1.56. The second-order valence-electron chi connectivity index (χ2n) is 8.06. The third kappa shape index (κ3) is 5.16. The molecule has 1 heterocycles. The number of esters is 1. The Morgan fingerprint density at radius 3 is 2.58 bits per heavy atom. The predicted molar refractivity (Wildman–Crippen MR) is 120 cm³/mol. The quantitative estimate of drug-likeness (QED) is 0.624. The van der Waals surface area contributed by atoms with Crippen molar-refractivity contribution in [2.24, 2.45) is 0 Å². The van der Waals surface area contributed by atoms with E-state index in [4.69, 9.17) is 4.74 Å². The Balaban J connectivity index is 1.37. The molecule has 0 atom stereocenters. The maximum atomic E-state index is 13.2. The minimum Gasteiger partial charge on any atom is -0.452 e. The zero-order valence-corrected chi connectivity index (χ0v) is 18.8. The van der Waals surface area contributed by atoms with Gasteiger partial charge in [0.05, 0.1) is 16.1 Å². The highest BCUT2D eigenvalue weighted by atomic mass is 32.2. The molecule has 2 aliphatic rings. The molecule has 2 aromatic rings. The van der Waals surface area contributed by atoms with E-state index in [0.29, 0.717) is 18.7 Å². The van der Waals surface area contributed by atoms with Gasteiger partial charge in [0.2, 0.25) is 0 Å². The van der Waals surface area contributed by atoms with E-state index in [-0.39, 0.29) is 16.5 Å². The van der Waals surface area contributed by atoms with Crippen molar-refractivity contribution < 1.29 is 27.5 Å². The zero-order valence-electron chi connectivity index (χ0n) is 18.0. The summed E-state index contributed by atoms with van der Waals surface area (Å²) in [7, 11) is -3.87.